The van der Waals surface area contributed by atoms with E-state index in [4.69, 9.17) is 15.2 Å². The molecule has 0 unspecified atom stereocenters. The molecule has 0 bridgehead atoms. The first-order valence-electron chi connectivity index (χ1n) is 12.2. The molecule has 0 aromatic heterocycles. The summed E-state index contributed by atoms with van der Waals surface area (Å²) in [6, 6.07) is 4.65. The smallest absolute Gasteiger partial charge is 0.408 e. The lowest BCUT2D eigenvalue weighted by molar-refractivity contribution is -0.156. The summed E-state index contributed by atoms with van der Waals surface area (Å²) in [6.07, 6.45) is 0.761. The minimum absolute atomic E-state index is 0.237. The molecule has 0 spiro atoms. The van der Waals surface area contributed by atoms with Gasteiger partial charge in [0.25, 0.3) is 0 Å². The van der Waals surface area contributed by atoms with Gasteiger partial charge in [-0.2, -0.15) is 11.8 Å². The van der Waals surface area contributed by atoms with Crippen molar-refractivity contribution in [2.75, 3.05) is 12.0 Å². The summed E-state index contributed by atoms with van der Waals surface area (Å²) in [4.78, 5) is 63.5. The number of rotatable bonds is 12. The maximum Gasteiger partial charge on any atom is 0.408 e. The van der Waals surface area contributed by atoms with Gasteiger partial charge in [0.05, 0.1) is 6.42 Å². The van der Waals surface area contributed by atoms with Crippen molar-refractivity contribution in [1.29, 1.82) is 0 Å². The Labute approximate surface area is 228 Å². The van der Waals surface area contributed by atoms with Crippen LogP contribution in [0.15, 0.2) is 30.3 Å². The third-order valence-electron chi connectivity index (χ3n) is 4.75. The average molecular weight is 553 g/mol. The predicted octanol–water partition coefficient (Wildman–Crippen LogP) is 2.19. The van der Waals surface area contributed by atoms with E-state index >= 15 is 0 Å². The number of carbonyl (C=O) groups is 5. The van der Waals surface area contributed by atoms with Gasteiger partial charge in [-0.25, -0.2) is 4.79 Å². The van der Waals surface area contributed by atoms with E-state index in [0.717, 1.165) is 0 Å². The Kier molecular flexibility index (Phi) is 12.6. The predicted molar refractivity (Wildman–Crippen MR) is 145 cm³/mol. The lowest BCUT2D eigenvalue weighted by atomic mass is 10.0. The fourth-order valence-electron chi connectivity index (χ4n) is 3.19. The number of alkyl carbamates (subject to hydrolysis) is 1. The lowest BCUT2D eigenvalue weighted by Crippen LogP contribution is -2.56. The normalized spacial score (nSPS) is 13.9. The van der Waals surface area contributed by atoms with E-state index in [-0.39, 0.29) is 6.42 Å². The Bertz CT molecular complexity index is 974. The number of amides is 4. The van der Waals surface area contributed by atoms with Crippen LogP contribution in [0, 0.1) is 0 Å². The van der Waals surface area contributed by atoms with E-state index in [1.165, 1.54) is 11.8 Å². The molecule has 212 valence electrons. The standard InChI is InChI=1S/C26H40N4O7S/c1-25(2,3)36-19(31)15-18(23(34)30-20(21(27)32)16-11-9-8-10-12-16)28-22(33)17(13-14-38-7)29-24(35)37-26(4,5)6/h8-12,17-18,20H,13-15H2,1-7H3,(H2,27,32)(H,28,33)(H,29,35)(H,30,34)/t17-,18-,20+/m0/s1. The first-order chi connectivity index (χ1) is 17.5. The van der Waals surface area contributed by atoms with E-state index in [1.807, 2.05) is 6.26 Å². The Balaban J connectivity index is 3.18. The molecular weight excluding hydrogens is 512 g/mol. The molecule has 0 fully saturated rings. The number of thioether (sulfide) groups is 1. The van der Waals surface area contributed by atoms with Crippen molar-refractivity contribution in [2.45, 2.75) is 83.7 Å². The van der Waals surface area contributed by atoms with Crippen molar-refractivity contribution in [2.24, 2.45) is 5.73 Å². The van der Waals surface area contributed by atoms with Crippen molar-refractivity contribution in [3.8, 4) is 0 Å². The fourth-order valence-corrected chi connectivity index (χ4v) is 3.66. The van der Waals surface area contributed by atoms with Crippen molar-refractivity contribution in [1.82, 2.24) is 16.0 Å². The number of nitrogens with two attached hydrogens (primary N) is 1. The molecule has 1 aromatic carbocycles. The highest BCUT2D eigenvalue weighted by atomic mass is 32.2. The molecule has 0 heterocycles. The highest BCUT2D eigenvalue weighted by molar-refractivity contribution is 7.98. The number of carbonyl (C=O) groups excluding carboxylic acids is 5. The van der Waals surface area contributed by atoms with E-state index in [9.17, 15) is 24.0 Å². The largest absolute Gasteiger partial charge is 0.460 e. The van der Waals surface area contributed by atoms with Crippen LogP contribution in [0.4, 0.5) is 4.79 Å². The maximum absolute atomic E-state index is 13.3. The molecule has 11 nitrogen and oxygen atoms in total. The molecule has 5 N–H and O–H groups in total. The molecule has 0 saturated carbocycles. The molecule has 1 rings (SSSR count). The first-order valence-corrected chi connectivity index (χ1v) is 13.6. The molecule has 0 aliphatic heterocycles. The van der Waals surface area contributed by atoms with Gasteiger partial charge in [-0.1, -0.05) is 30.3 Å². The second kappa shape index (κ2) is 14.6. The summed E-state index contributed by atoms with van der Waals surface area (Å²) in [5, 5.41) is 7.55. The van der Waals surface area contributed by atoms with Gasteiger partial charge in [0, 0.05) is 0 Å². The molecule has 0 radical (unpaired) electrons. The summed E-state index contributed by atoms with van der Waals surface area (Å²) in [5.74, 6) is -2.57. The van der Waals surface area contributed by atoms with Crippen molar-refractivity contribution >= 4 is 41.5 Å². The lowest BCUT2D eigenvalue weighted by Gasteiger charge is -2.27. The number of hydrogen-bond acceptors (Lipinski definition) is 8. The van der Waals surface area contributed by atoms with Crippen molar-refractivity contribution in [3.05, 3.63) is 35.9 Å². The average Bonchev–Trinajstić information content (AvgIpc) is 2.77. The molecule has 38 heavy (non-hydrogen) atoms. The van der Waals surface area contributed by atoms with Gasteiger partial charge in [0.1, 0.15) is 29.3 Å². The number of benzene rings is 1. The third kappa shape index (κ3) is 12.8. The van der Waals surface area contributed by atoms with E-state index in [0.29, 0.717) is 11.3 Å². The Morgan fingerprint density at radius 3 is 1.89 bits per heavy atom. The zero-order valence-corrected chi connectivity index (χ0v) is 23.9. The molecule has 0 aliphatic carbocycles. The van der Waals surface area contributed by atoms with E-state index in [2.05, 4.69) is 16.0 Å². The van der Waals surface area contributed by atoms with Crippen LogP contribution in [0.2, 0.25) is 0 Å². The van der Waals surface area contributed by atoms with Crippen LogP contribution in [-0.4, -0.2) is 65.1 Å². The van der Waals surface area contributed by atoms with Gasteiger partial charge in [-0.3, -0.25) is 19.2 Å². The number of nitrogens with one attached hydrogen (secondary N) is 3. The van der Waals surface area contributed by atoms with Gasteiger partial charge in [-0.15, -0.1) is 0 Å². The van der Waals surface area contributed by atoms with E-state index in [1.54, 1.807) is 71.9 Å². The molecule has 1 aromatic rings. The molecule has 4 amide bonds. The highest BCUT2D eigenvalue weighted by Gasteiger charge is 2.33. The zero-order valence-electron chi connectivity index (χ0n) is 23.1. The van der Waals surface area contributed by atoms with Crippen molar-refractivity contribution < 1.29 is 33.4 Å². The first kappa shape index (κ1) is 32.7. The van der Waals surface area contributed by atoms with Crippen LogP contribution in [0.1, 0.15) is 66.0 Å². The number of primary amides is 1. The summed E-state index contributed by atoms with van der Waals surface area (Å²) in [7, 11) is 0. The maximum atomic E-state index is 13.3. The molecular formula is C26H40N4O7S. The van der Waals surface area contributed by atoms with Crippen LogP contribution in [-0.2, 0) is 28.7 Å². The Morgan fingerprint density at radius 1 is 0.842 bits per heavy atom. The third-order valence-corrected chi connectivity index (χ3v) is 5.39. The van der Waals surface area contributed by atoms with Crippen LogP contribution >= 0.6 is 11.8 Å². The summed E-state index contributed by atoms with van der Waals surface area (Å²) >= 11 is 1.46. The Morgan fingerprint density at radius 2 is 1.39 bits per heavy atom. The van der Waals surface area contributed by atoms with Crippen molar-refractivity contribution in [3.63, 3.8) is 0 Å². The zero-order chi connectivity index (χ0) is 29.1. The quantitative estimate of drug-likeness (QED) is 0.286. The summed E-state index contributed by atoms with van der Waals surface area (Å²) in [6.45, 7) is 10.1. The second-order valence-electron chi connectivity index (χ2n) is 10.6. The highest BCUT2D eigenvalue weighted by Crippen LogP contribution is 2.15. The minimum atomic E-state index is -1.42. The Hall–Kier alpha value is -3.28. The van der Waals surface area contributed by atoms with Crippen LogP contribution in [0.5, 0.6) is 0 Å². The number of ether oxygens (including phenoxy) is 2. The number of hydrogen-bond donors (Lipinski definition) is 4. The SMILES string of the molecule is CSCC[C@H](NC(=O)OC(C)(C)C)C(=O)N[C@@H](CC(=O)OC(C)(C)C)C(=O)N[C@@H](C(N)=O)c1ccccc1. The summed E-state index contributed by atoms with van der Waals surface area (Å²) in [5.41, 5.74) is 4.33. The minimum Gasteiger partial charge on any atom is -0.460 e. The summed E-state index contributed by atoms with van der Waals surface area (Å²) < 4.78 is 10.6. The van der Waals surface area contributed by atoms with Crippen LogP contribution < -0.4 is 21.7 Å². The van der Waals surface area contributed by atoms with Gasteiger partial charge >= 0.3 is 12.1 Å². The van der Waals surface area contributed by atoms with Gasteiger partial charge in [0.2, 0.25) is 17.7 Å². The molecule has 3 atom stereocenters. The van der Waals surface area contributed by atoms with Gasteiger partial charge < -0.3 is 31.2 Å². The fraction of sp³-hybridized carbons (Fsp3) is 0.577. The van der Waals surface area contributed by atoms with E-state index < -0.39 is 65.5 Å². The number of esters is 1. The topological polar surface area (TPSA) is 166 Å². The molecule has 0 saturated heterocycles. The molecule has 12 heteroatoms. The second-order valence-corrected chi connectivity index (χ2v) is 11.6. The van der Waals surface area contributed by atoms with Crippen LogP contribution in [0.3, 0.4) is 0 Å². The van der Waals surface area contributed by atoms with Gasteiger partial charge in [0.15, 0.2) is 0 Å². The molecule has 0 aliphatic rings. The van der Waals surface area contributed by atoms with Gasteiger partial charge in [-0.05, 0) is 65.5 Å². The van der Waals surface area contributed by atoms with Crippen LogP contribution in [0.25, 0.3) is 0 Å². The monoisotopic (exact) mass is 552 g/mol.